The van der Waals surface area contributed by atoms with Crippen LogP contribution in [0.15, 0.2) is 156 Å². The quantitative estimate of drug-likeness (QED) is 0.202. The van der Waals surface area contributed by atoms with Crippen LogP contribution in [0.1, 0.15) is 0 Å². The van der Waals surface area contributed by atoms with E-state index in [0.29, 0.717) is 17.5 Å². The van der Waals surface area contributed by atoms with Gasteiger partial charge in [0.15, 0.2) is 17.5 Å². The molecule has 0 N–H and O–H groups in total. The maximum absolute atomic E-state index is 6.26. The molecular formula is C43H25N3O. The summed E-state index contributed by atoms with van der Waals surface area (Å²) in [6.07, 6.45) is 0. The summed E-state index contributed by atoms with van der Waals surface area (Å²) in [4.78, 5) is 15.4. The zero-order valence-corrected chi connectivity index (χ0v) is 25.2. The van der Waals surface area contributed by atoms with Gasteiger partial charge in [0.1, 0.15) is 11.2 Å². The average Bonchev–Trinajstić information content (AvgIpc) is 3.69. The SMILES string of the molecule is c1ccc(-c2nc(-c3ccc4c(c3)oc3ccccc34)nc(-c3cc(-c4ccccc4)c4c5c(cccc35)-c3ccccc3-4)n2)cc1. The molecule has 0 unspecified atom stereocenters. The molecule has 218 valence electrons. The molecule has 0 bridgehead atoms. The van der Waals surface area contributed by atoms with Gasteiger partial charge in [0.2, 0.25) is 0 Å². The smallest absolute Gasteiger partial charge is 0.164 e. The lowest BCUT2D eigenvalue weighted by atomic mass is 9.90. The van der Waals surface area contributed by atoms with Gasteiger partial charge in [-0.15, -0.1) is 0 Å². The summed E-state index contributed by atoms with van der Waals surface area (Å²) in [6.45, 7) is 0. The molecule has 1 aliphatic rings. The first-order chi connectivity index (χ1) is 23.3. The number of nitrogens with zero attached hydrogens (tertiary/aromatic N) is 3. The number of hydrogen-bond acceptors (Lipinski definition) is 4. The Bertz CT molecular complexity index is 2680. The Morgan fingerprint density at radius 2 is 0.957 bits per heavy atom. The van der Waals surface area contributed by atoms with Gasteiger partial charge < -0.3 is 4.42 Å². The van der Waals surface area contributed by atoms with Crippen molar-refractivity contribution >= 4 is 32.7 Å². The molecule has 2 heterocycles. The molecule has 0 amide bonds. The lowest BCUT2D eigenvalue weighted by Crippen LogP contribution is -2.01. The van der Waals surface area contributed by atoms with Crippen LogP contribution in [-0.2, 0) is 0 Å². The third-order valence-electron chi connectivity index (χ3n) is 9.28. The third kappa shape index (κ3) is 3.98. The highest BCUT2D eigenvalue weighted by molar-refractivity contribution is 6.22. The van der Waals surface area contributed by atoms with Crippen molar-refractivity contribution in [3.05, 3.63) is 152 Å². The normalized spacial score (nSPS) is 11.8. The fourth-order valence-corrected chi connectivity index (χ4v) is 7.15. The highest BCUT2D eigenvalue weighted by Gasteiger charge is 2.27. The monoisotopic (exact) mass is 599 g/mol. The molecule has 4 nitrogen and oxygen atoms in total. The van der Waals surface area contributed by atoms with Gasteiger partial charge in [0.25, 0.3) is 0 Å². The molecule has 1 aliphatic carbocycles. The van der Waals surface area contributed by atoms with Crippen LogP contribution in [0.25, 0.3) is 100 Å². The van der Waals surface area contributed by atoms with Gasteiger partial charge in [0, 0.05) is 27.5 Å². The van der Waals surface area contributed by atoms with E-state index < -0.39 is 0 Å². The zero-order valence-electron chi connectivity index (χ0n) is 25.2. The molecule has 0 aliphatic heterocycles. The van der Waals surface area contributed by atoms with Crippen molar-refractivity contribution in [1.29, 1.82) is 0 Å². The molecule has 4 heteroatoms. The van der Waals surface area contributed by atoms with E-state index >= 15 is 0 Å². The largest absolute Gasteiger partial charge is 0.456 e. The lowest BCUT2D eigenvalue weighted by Gasteiger charge is -2.16. The van der Waals surface area contributed by atoms with E-state index in [-0.39, 0.29) is 0 Å². The van der Waals surface area contributed by atoms with Crippen LogP contribution in [-0.4, -0.2) is 15.0 Å². The van der Waals surface area contributed by atoms with Crippen molar-refractivity contribution < 1.29 is 4.42 Å². The van der Waals surface area contributed by atoms with Gasteiger partial charge >= 0.3 is 0 Å². The Morgan fingerprint density at radius 1 is 0.340 bits per heavy atom. The van der Waals surface area contributed by atoms with E-state index in [4.69, 9.17) is 19.4 Å². The van der Waals surface area contributed by atoms with Gasteiger partial charge in [0.05, 0.1) is 0 Å². The molecule has 0 spiro atoms. The predicted octanol–water partition coefficient (Wildman–Crippen LogP) is 11.2. The number of rotatable bonds is 4. The molecule has 2 aromatic heterocycles. The first-order valence-corrected chi connectivity index (χ1v) is 15.8. The van der Waals surface area contributed by atoms with E-state index in [2.05, 4.69) is 97.1 Å². The number of fused-ring (bicyclic) bond motifs is 6. The standard InChI is InChI=1S/C43H25N3O/c1-3-12-26(13-4-1)35-25-36(34-20-11-19-33-29-16-7-8-18-32(29)40(35)39(33)34)43-45-41(27-14-5-2-6-15-27)44-42(46-43)28-22-23-31-30-17-9-10-21-37(30)47-38(31)24-28/h1-25H. The molecule has 7 aromatic carbocycles. The Morgan fingerprint density at radius 3 is 1.79 bits per heavy atom. The summed E-state index contributed by atoms with van der Waals surface area (Å²) < 4.78 is 6.26. The Hall–Kier alpha value is -6.39. The van der Waals surface area contributed by atoms with E-state index in [1.807, 2.05) is 54.6 Å². The molecule has 10 rings (SSSR count). The van der Waals surface area contributed by atoms with Gasteiger partial charge in [-0.3, -0.25) is 0 Å². The van der Waals surface area contributed by atoms with Crippen LogP contribution in [0.3, 0.4) is 0 Å². The number of para-hydroxylation sites is 1. The first-order valence-electron chi connectivity index (χ1n) is 15.8. The van der Waals surface area contributed by atoms with Gasteiger partial charge in [-0.1, -0.05) is 127 Å². The summed E-state index contributed by atoms with van der Waals surface area (Å²) >= 11 is 0. The summed E-state index contributed by atoms with van der Waals surface area (Å²) in [6, 6.07) is 52.7. The molecular weight excluding hydrogens is 574 g/mol. The van der Waals surface area contributed by atoms with E-state index in [1.54, 1.807) is 0 Å². The highest BCUT2D eigenvalue weighted by atomic mass is 16.3. The fourth-order valence-electron chi connectivity index (χ4n) is 7.15. The van der Waals surface area contributed by atoms with Crippen molar-refractivity contribution in [2.45, 2.75) is 0 Å². The van der Waals surface area contributed by atoms with Gasteiger partial charge in [-0.05, 0) is 68.4 Å². The highest BCUT2D eigenvalue weighted by Crippen LogP contribution is 2.53. The third-order valence-corrected chi connectivity index (χ3v) is 9.28. The van der Waals surface area contributed by atoms with Crippen LogP contribution in [0.5, 0.6) is 0 Å². The maximum atomic E-state index is 6.26. The first kappa shape index (κ1) is 25.9. The van der Waals surface area contributed by atoms with E-state index in [9.17, 15) is 0 Å². The van der Waals surface area contributed by atoms with Crippen LogP contribution in [0, 0.1) is 0 Å². The van der Waals surface area contributed by atoms with Gasteiger partial charge in [-0.2, -0.15) is 0 Å². The average molecular weight is 600 g/mol. The maximum Gasteiger partial charge on any atom is 0.164 e. The van der Waals surface area contributed by atoms with Crippen molar-refractivity contribution in [1.82, 2.24) is 15.0 Å². The minimum Gasteiger partial charge on any atom is -0.456 e. The Balaban J connectivity index is 1.26. The minimum absolute atomic E-state index is 0.601. The van der Waals surface area contributed by atoms with Crippen molar-refractivity contribution in [3.8, 4) is 67.5 Å². The number of hydrogen-bond donors (Lipinski definition) is 0. The molecule has 0 fully saturated rings. The van der Waals surface area contributed by atoms with Crippen LogP contribution >= 0.6 is 0 Å². The molecule has 47 heavy (non-hydrogen) atoms. The summed E-state index contributed by atoms with van der Waals surface area (Å²) in [5.41, 5.74) is 11.8. The topological polar surface area (TPSA) is 51.8 Å². The number of furan rings is 1. The Kier molecular flexibility index (Phi) is 5.54. The second-order valence-corrected chi connectivity index (χ2v) is 12.0. The summed E-state index contributed by atoms with van der Waals surface area (Å²) in [5.74, 6) is 1.86. The van der Waals surface area contributed by atoms with Crippen molar-refractivity contribution in [3.63, 3.8) is 0 Å². The molecule has 0 saturated heterocycles. The zero-order chi connectivity index (χ0) is 30.9. The number of aromatic nitrogens is 3. The lowest BCUT2D eigenvalue weighted by molar-refractivity contribution is 0.669. The molecule has 0 atom stereocenters. The second-order valence-electron chi connectivity index (χ2n) is 12.0. The summed E-state index contributed by atoms with van der Waals surface area (Å²) in [7, 11) is 0. The molecule has 0 saturated carbocycles. The van der Waals surface area contributed by atoms with Crippen molar-refractivity contribution in [2.24, 2.45) is 0 Å². The van der Waals surface area contributed by atoms with E-state index in [0.717, 1.165) is 55.1 Å². The van der Waals surface area contributed by atoms with Crippen LogP contribution in [0.2, 0.25) is 0 Å². The summed E-state index contributed by atoms with van der Waals surface area (Å²) in [5, 5.41) is 4.52. The second kappa shape index (κ2) is 10.1. The van der Waals surface area contributed by atoms with Crippen LogP contribution < -0.4 is 0 Å². The minimum atomic E-state index is 0.601. The van der Waals surface area contributed by atoms with Gasteiger partial charge in [-0.25, -0.2) is 15.0 Å². The van der Waals surface area contributed by atoms with E-state index in [1.165, 1.54) is 27.6 Å². The fraction of sp³-hybridized carbons (Fsp3) is 0. The van der Waals surface area contributed by atoms with Crippen LogP contribution in [0.4, 0.5) is 0 Å². The Labute approximate surface area is 270 Å². The predicted molar refractivity (Wildman–Crippen MR) is 191 cm³/mol. The number of benzene rings is 7. The molecule has 9 aromatic rings. The van der Waals surface area contributed by atoms with Crippen molar-refractivity contribution in [2.75, 3.05) is 0 Å². The molecule has 0 radical (unpaired) electrons.